The van der Waals surface area contributed by atoms with E-state index in [-0.39, 0.29) is 29.4 Å². The Kier molecular flexibility index (Phi) is 6.51. The van der Waals surface area contributed by atoms with Gasteiger partial charge in [0.15, 0.2) is 9.84 Å². The Labute approximate surface area is 161 Å². The molecule has 2 rings (SSSR count). The van der Waals surface area contributed by atoms with Crippen molar-refractivity contribution < 1.29 is 22.7 Å². The number of nitrogens with one attached hydrogen (secondary N) is 1. The van der Waals surface area contributed by atoms with Crippen molar-refractivity contribution in [1.82, 2.24) is 10.2 Å². The normalized spacial score (nSPS) is 18.7. The zero-order valence-electron chi connectivity index (χ0n) is 16.3. The van der Waals surface area contributed by atoms with Crippen LogP contribution in [0, 0.1) is 5.41 Å². The van der Waals surface area contributed by atoms with Crippen LogP contribution < -0.4 is 10.1 Å². The zero-order chi connectivity index (χ0) is 20.2. The summed E-state index contributed by atoms with van der Waals surface area (Å²) < 4.78 is 28.4. The Morgan fingerprint density at radius 1 is 1.26 bits per heavy atom. The van der Waals surface area contributed by atoms with Gasteiger partial charge in [-0.1, -0.05) is 12.1 Å². The molecule has 2 amide bonds. The van der Waals surface area contributed by atoms with Crippen LogP contribution >= 0.6 is 0 Å². The van der Waals surface area contributed by atoms with Crippen LogP contribution in [0.1, 0.15) is 25.8 Å². The van der Waals surface area contributed by atoms with E-state index in [1.165, 1.54) is 4.90 Å². The van der Waals surface area contributed by atoms with E-state index in [1.54, 1.807) is 28.0 Å². The molecule has 27 heavy (non-hydrogen) atoms. The van der Waals surface area contributed by atoms with E-state index in [2.05, 4.69) is 5.32 Å². The summed E-state index contributed by atoms with van der Waals surface area (Å²) >= 11 is 0. The fourth-order valence-corrected chi connectivity index (χ4v) is 4.89. The molecule has 1 aliphatic heterocycles. The molecule has 0 aliphatic carbocycles. The van der Waals surface area contributed by atoms with Crippen molar-refractivity contribution in [3.05, 3.63) is 29.8 Å². The quantitative estimate of drug-likeness (QED) is 0.695. The number of carbonyl (C=O) groups excluding carboxylic acids is 2. The summed E-state index contributed by atoms with van der Waals surface area (Å²) in [6.07, 6.45) is 1.05. The van der Waals surface area contributed by atoms with Crippen molar-refractivity contribution >= 4 is 21.7 Å². The van der Waals surface area contributed by atoms with Gasteiger partial charge in [0.05, 0.1) is 18.6 Å². The van der Waals surface area contributed by atoms with Crippen LogP contribution in [0.15, 0.2) is 24.3 Å². The number of methoxy groups -OCH3 is 1. The average molecular weight is 397 g/mol. The molecule has 1 N–H and O–H groups in total. The SMILES string of the molecule is COc1ccc(CCNC(=O)C(C)(C)C(=O)N(C)C2CCS(=O)(=O)C2)cc1. The first-order chi connectivity index (χ1) is 12.6. The number of hydrogen-bond acceptors (Lipinski definition) is 5. The lowest BCUT2D eigenvalue weighted by Crippen LogP contribution is -2.51. The Morgan fingerprint density at radius 3 is 2.41 bits per heavy atom. The monoisotopic (exact) mass is 396 g/mol. The van der Waals surface area contributed by atoms with Crippen molar-refractivity contribution in [2.24, 2.45) is 5.41 Å². The molecule has 0 bridgehead atoms. The fourth-order valence-electron chi connectivity index (χ4n) is 3.12. The molecule has 1 heterocycles. The second-order valence-electron chi connectivity index (χ2n) is 7.45. The van der Waals surface area contributed by atoms with Gasteiger partial charge < -0.3 is 15.0 Å². The van der Waals surface area contributed by atoms with E-state index in [0.717, 1.165) is 11.3 Å². The molecule has 1 saturated heterocycles. The molecule has 150 valence electrons. The Bertz CT molecular complexity index is 787. The fraction of sp³-hybridized carbons (Fsp3) is 0.579. The second kappa shape index (κ2) is 8.29. The Balaban J connectivity index is 1.90. The second-order valence-corrected chi connectivity index (χ2v) is 9.68. The molecule has 1 atom stereocenters. The zero-order valence-corrected chi connectivity index (χ0v) is 17.1. The van der Waals surface area contributed by atoms with Gasteiger partial charge in [-0.2, -0.15) is 0 Å². The molecule has 1 aliphatic rings. The molecule has 8 heteroatoms. The summed E-state index contributed by atoms with van der Waals surface area (Å²) in [5.41, 5.74) is -0.213. The van der Waals surface area contributed by atoms with Gasteiger partial charge in [-0.25, -0.2) is 8.42 Å². The Hall–Kier alpha value is -2.09. The first-order valence-electron chi connectivity index (χ1n) is 8.96. The highest BCUT2D eigenvalue weighted by atomic mass is 32.2. The van der Waals surface area contributed by atoms with E-state index in [1.807, 2.05) is 24.3 Å². The van der Waals surface area contributed by atoms with E-state index >= 15 is 0 Å². The van der Waals surface area contributed by atoms with E-state index < -0.39 is 15.3 Å². The van der Waals surface area contributed by atoms with E-state index in [9.17, 15) is 18.0 Å². The first kappa shape index (κ1) is 21.2. The smallest absolute Gasteiger partial charge is 0.237 e. The number of sulfone groups is 1. The number of amides is 2. The van der Waals surface area contributed by atoms with E-state index in [4.69, 9.17) is 4.74 Å². The predicted octanol–water partition coefficient (Wildman–Crippen LogP) is 1.03. The summed E-state index contributed by atoms with van der Waals surface area (Å²) in [7, 11) is 0.0802. The number of ether oxygens (including phenoxy) is 1. The maximum Gasteiger partial charge on any atom is 0.237 e. The van der Waals surface area contributed by atoms with Gasteiger partial charge in [0.1, 0.15) is 11.2 Å². The number of rotatable bonds is 7. The maximum absolute atomic E-state index is 12.8. The average Bonchev–Trinajstić information content (AvgIpc) is 3.00. The highest BCUT2D eigenvalue weighted by Crippen LogP contribution is 2.24. The number of benzene rings is 1. The lowest BCUT2D eigenvalue weighted by Gasteiger charge is -2.31. The van der Waals surface area contributed by atoms with Crippen LogP contribution in [0.4, 0.5) is 0 Å². The van der Waals surface area contributed by atoms with Crippen molar-refractivity contribution in [2.45, 2.75) is 32.7 Å². The minimum atomic E-state index is -3.09. The number of hydrogen-bond donors (Lipinski definition) is 1. The molecule has 1 aromatic rings. The van der Waals surface area contributed by atoms with Gasteiger partial charge in [-0.15, -0.1) is 0 Å². The predicted molar refractivity (Wildman–Crippen MR) is 103 cm³/mol. The summed E-state index contributed by atoms with van der Waals surface area (Å²) in [5, 5.41) is 2.81. The lowest BCUT2D eigenvalue weighted by atomic mass is 9.89. The van der Waals surface area contributed by atoms with Gasteiger partial charge >= 0.3 is 0 Å². The van der Waals surface area contributed by atoms with Crippen molar-refractivity contribution in [3.63, 3.8) is 0 Å². The third-order valence-corrected chi connectivity index (χ3v) is 6.79. The van der Waals surface area contributed by atoms with Gasteiger partial charge in [-0.05, 0) is 44.4 Å². The molecule has 0 saturated carbocycles. The van der Waals surface area contributed by atoms with Gasteiger partial charge in [-0.3, -0.25) is 9.59 Å². The molecule has 1 fully saturated rings. The Morgan fingerprint density at radius 2 is 1.89 bits per heavy atom. The van der Waals surface area contributed by atoms with Gasteiger partial charge in [0.25, 0.3) is 0 Å². The van der Waals surface area contributed by atoms with Crippen LogP contribution in [0.2, 0.25) is 0 Å². The minimum absolute atomic E-state index is 0.0373. The number of nitrogens with zero attached hydrogens (tertiary/aromatic N) is 1. The molecule has 0 radical (unpaired) electrons. The van der Waals surface area contributed by atoms with Gasteiger partial charge in [0.2, 0.25) is 11.8 Å². The molecular formula is C19H28N2O5S. The highest BCUT2D eigenvalue weighted by molar-refractivity contribution is 7.91. The van der Waals surface area contributed by atoms with Crippen LogP contribution in [0.25, 0.3) is 0 Å². The van der Waals surface area contributed by atoms with Crippen LogP contribution in [-0.2, 0) is 25.8 Å². The summed E-state index contributed by atoms with van der Waals surface area (Å²) in [4.78, 5) is 26.7. The summed E-state index contributed by atoms with van der Waals surface area (Å²) in [6.45, 7) is 3.54. The topological polar surface area (TPSA) is 92.8 Å². The third kappa shape index (κ3) is 5.22. The molecule has 7 nitrogen and oxygen atoms in total. The number of carbonyl (C=O) groups is 2. The van der Waals surface area contributed by atoms with Crippen molar-refractivity contribution in [3.8, 4) is 5.75 Å². The third-order valence-electron chi connectivity index (χ3n) is 5.04. The van der Waals surface area contributed by atoms with Crippen molar-refractivity contribution in [1.29, 1.82) is 0 Å². The first-order valence-corrected chi connectivity index (χ1v) is 10.8. The minimum Gasteiger partial charge on any atom is -0.497 e. The molecule has 0 aromatic heterocycles. The van der Waals surface area contributed by atoms with Crippen LogP contribution in [0.5, 0.6) is 5.75 Å². The largest absolute Gasteiger partial charge is 0.497 e. The molecule has 0 spiro atoms. The van der Waals surface area contributed by atoms with Gasteiger partial charge in [0, 0.05) is 19.6 Å². The van der Waals surface area contributed by atoms with Crippen LogP contribution in [-0.4, -0.2) is 63.4 Å². The summed E-state index contributed by atoms with van der Waals surface area (Å²) in [6, 6.07) is 7.20. The molecule has 1 unspecified atom stereocenters. The van der Waals surface area contributed by atoms with Crippen LogP contribution in [0.3, 0.4) is 0 Å². The standard InChI is InChI=1S/C19H28N2O5S/c1-19(2,18(23)21(3)15-10-12-27(24,25)13-15)17(22)20-11-9-14-5-7-16(26-4)8-6-14/h5-8,15H,9-13H2,1-4H3,(H,20,22). The molecule has 1 aromatic carbocycles. The summed E-state index contributed by atoms with van der Waals surface area (Å²) in [5.74, 6) is 0.0838. The van der Waals surface area contributed by atoms with Crippen molar-refractivity contribution in [2.75, 3.05) is 32.2 Å². The van der Waals surface area contributed by atoms with E-state index in [0.29, 0.717) is 19.4 Å². The lowest BCUT2D eigenvalue weighted by molar-refractivity contribution is -0.148. The highest BCUT2D eigenvalue weighted by Gasteiger charge is 2.42. The maximum atomic E-state index is 12.8. The molecular weight excluding hydrogens is 368 g/mol.